The van der Waals surface area contributed by atoms with Gasteiger partial charge in [0.25, 0.3) is 0 Å². The van der Waals surface area contributed by atoms with Gasteiger partial charge in [-0.3, -0.25) is 9.59 Å². The summed E-state index contributed by atoms with van der Waals surface area (Å²) >= 11 is 12.2. The second kappa shape index (κ2) is 16.8. The van der Waals surface area contributed by atoms with Gasteiger partial charge in [0.1, 0.15) is 23.0 Å². The smallest absolute Gasteiger partial charge is 0.506 e. The molecule has 0 aliphatic heterocycles. The first-order valence-corrected chi connectivity index (χ1v) is 17.4. The molecule has 18 heteroatoms. The highest BCUT2D eigenvalue weighted by Crippen LogP contribution is 2.37. The number of carboxylic acids is 2. The van der Waals surface area contributed by atoms with Crippen LogP contribution in [0.25, 0.3) is 21.8 Å². The Hall–Kier alpha value is -5.74. The van der Waals surface area contributed by atoms with E-state index >= 15 is 0 Å². The molecule has 2 aromatic heterocycles. The van der Waals surface area contributed by atoms with Crippen LogP contribution in [-0.4, -0.2) is 56.2 Å². The second-order valence-electron chi connectivity index (χ2n) is 12.7. The number of benzene rings is 4. The van der Waals surface area contributed by atoms with Crippen LogP contribution < -0.4 is 14.2 Å². The van der Waals surface area contributed by atoms with E-state index in [1.807, 2.05) is 4.57 Å². The minimum Gasteiger partial charge on any atom is -0.506 e. The molecule has 0 bridgehead atoms. The number of halogens is 8. The number of phenolic OH excluding ortho intramolecular Hbond substituents is 1. The minimum atomic E-state index is -4.80. The zero-order valence-electron chi connectivity index (χ0n) is 30.1. The minimum absolute atomic E-state index is 0.0854. The number of carboxylic acid groups (broad SMARTS) is 2. The summed E-state index contributed by atoms with van der Waals surface area (Å²) < 4.78 is 91.6. The molecule has 3 N–H and O–H groups in total. The Morgan fingerprint density at radius 1 is 0.667 bits per heavy atom. The molecule has 0 aliphatic rings. The van der Waals surface area contributed by atoms with Crippen molar-refractivity contribution in [3.05, 3.63) is 116 Å². The van der Waals surface area contributed by atoms with Crippen LogP contribution >= 0.6 is 23.2 Å². The van der Waals surface area contributed by atoms with Gasteiger partial charge in [-0.1, -0.05) is 47.5 Å². The molecule has 0 radical (unpaired) electrons. The third-order valence-corrected chi connectivity index (χ3v) is 9.45. The molecular weight excluding hydrogens is 809 g/mol. The zero-order chi connectivity index (χ0) is 42.0. The molecule has 0 saturated carbocycles. The van der Waals surface area contributed by atoms with Gasteiger partial charge in [0.15, 0.2) is 0 Å². The van der Waals surface area contributed by atoms with Crippen molar-refractivity contribution < 1.29 is 65.5 Å². The van der Waals surface area contributed by atoms with Crippen molar-refractivity contribution in [2.45, 2.75) is 52.5 Å². The molecule has 0 saturated heterocycles. The predicted molar refractivity (Wildman–Crippen MR) is 199 cm³/mol. The topological polar surface area (TPSA) is 132 Å². The lowest BCUT2D eigenvalue weighted by atomic mass is 10.1. The maximum absolute atomic E-state index is 12.5. The van der Waals surface area contributed by atoms with Crippen molar-refractivity contribution in [2.75, 3.05) is 7.11 Å². The van der Waals surface area contributed by atoms with Gasteiger partial charge < -0.3 is 38.7 Å². The first-order valence-electron chi connectivity index (χ1n) is 16.6. The van der Waals surface area contributed by atoms with Gasteiger partial charge in [-0.25, -0.2) is 0 Å². The van der Waals surface area contributed by atoms with Gasteiger partial charge >= 0.3 is 24.7 Å². The second-order valence-corrected chi connectivity index (χ2v) is 13.5. The summed E-state index contributed by atoms with van der Waals surface area (Å²) in [6.07, 6.45) is -10.1. The zero-order valence-corrected chi connectivity index (χ0v) is 31.6. The number of nitrogens with zero attached hydrogens (tertiary/aromatic N) is 2. The quantitative estimate of drug-likeness (QED) is 0.110. The Kier molecular flexibility index (Phi) is 12.5. The Bertz CT molecular complexity index is 2480. The summed E-state index contributed by atoms with van der Waals surface area (Å²) in [5.74, 6) is -2.49. The maximum atomic E-state index is 12.5. The fourth-order valence-corrected chi connectivity index (χ4v) is 6.85. The van der Waals surface area contributed by atoms with Crippen molar-refractivity contribution in [1.82, 2.24) is 9.13 Å². The van der Waals surface area contributed by atoms with Crippen LogP contribution in [0.1, 0.15) is 33.6 Å². The lowest BCUT2D eigenvalue weighted by molar-refractivity contribution is -0.275. The summed E-state index contributed by atoms with van der Waals surface area (Å²) in [6, 6.07) is 17.4. The number of rotatable bonds is 11. The normalized spacial score (nSPS) is 11.7. The number of hydrogen-bond acceptors (Lipinski definition) is 6. The highest BCUT2D eigenvalue weighted by Gasteiger charge is 2.32. The van der Waals surface area contributed by atoms with E-state index < -0.39 is 24.7 Å². The van der Waals surface area contributed by atoms with Crippen LogP contribution in [-0.2, 0) is 35.5 Å². The highest BCUT2D eigenvalue weighted by molar-refractivity contribution is 6.33. The lowest BCUT2D eigenvalue weighted by Gasteiger charge is -2.12. The van der Waals surface area contributed by atoms with Gasteiger partial charge in [0, 0.05) is 35.2 Å². The van der Waals surface area contributed by atoms with Gasteiger partial charge in [-0.15, -0.1) is 26.3 Å². The number of fused-ring (bicyclic) bond motifs is 2. The molecule has 4 aromatic carbocycles. The molecule has 6 aromatic rings. The van der Waals surface area contributed by atoms with E-state index in [1.165, 1.54) is 55.6 Å². The fourth-order valence-electron chi connectivity index (χ4n) is 6.46. The molecule has 0 fully saturated rings. The summed E-state index contributed by atoms with van der Waals surface area (Å²) in [7, 11) is 1.46. The largest absolute Gasteiger partial charge is 0.573 e. The number of hydrogen-bond donors (Lipinski definition) is 3. The van der Waals surface area contributed by atoms with E-state index in [0.29, 0.717) is 66.2 Å². The molecule has 57 heavy (non-hydrogen) atoms. The number of phenols is 1. The molecule has 0 aliphatic carbocycles. The number of aromatic hydroxyl groups is 1. The molecule has 2 heterocycles. The first-order chi connectivity index (χ1) is 26.6. The summed E-state index contributed by atoms with van der Waals surface area (Å²) in [5, 5.41) is 30.0. The number of alkyl halides is 6. The Morgan fingerprint density at radius 2 is 1.09 bits per heavy atom. The van der Waals surface area contributed by atoms with Crippen LogP contribution in [0.15, 0.2) is 72.8 Å². The van der Waals surface area contributed by atoms with Gasteiger partial charge in [0.2, 0.25) is 0 Å². The van der Waals surface area contributed by atoms with Gasteiger partial charge in [0.05, 0.1) is 41.0 Å². The number of carbonyl (C=O) groups is 2. The Balaban J connectivity index is 0.000000218. The average molecular weight is 842 g/mol. The molecule has 0 spiro atoms. The molecule has 302 valence electrons. The first kappa shape index (κ1) is 42.4. The SMILES string of the molecule is COc1cc2c(CC(=O)O)c(C)n(Cc3cccc(OC(F)(F)F)c3)c2cc1Cl.Cc1c(CC(=O)O)c2cc(O)c(Cl)cc2n1Cc1cccc(OC(F)(F)F)c1. The van der Waals surface area contributed by atoms with E-state index in [-0.39, 0.29) is 48.2 Å². The molecule has 0 amide bonds. The van der Waals surface area contributed by atoms with Crippen molar-refractivity contribution in [1.29, 1.82) is 0 Å². The van der Waals surface area contributed by atoms with Crippen molar-refractivity contribution in [2.24, 2.45) is 0 Å². The number of methoxy groups -OCH3 is 1. The third-order valence-electron chi connectivity index (χ3n) is 8.85. The number of ether oxygens (including phenoxy) is 3. The standard InChI is InChI=1S/C20H17ClF3NO4.C19H15ClF3NO4/c1-11-14(8-19(26)27)15-7-18(28-2)16(21)9-17(15)25(11)10-12-4-3-5-13(6-12)29-20(22,23)24;1-10-13(7-18(26)27)14-6-17(25)15(20)8-16(14)24(10)9-11-3-2-4-12(5-11)28-19(21,22)23/h3-7,9H,8,10H2,1-2H3,(H,26,27);2-6,8,25H,7,9H2,1H3,(H,26,27). The van der Waals surface area contributed by atoms with Crippen LogP contribution in [0.4, 0.5) is 26.3 Å². The van der Waals surface area contributed by atoms with Crippen molar-refractivity contribution >= 4 is 56.9 Å². The highest BCUT2D eigenvalue weighted by atomic mass is 35.5. The fraction of sp³-hybridized carbons (Fsp3) is 0.231. The van der Waals surface area contributed by atoms with Crippen molar-refractivity contribution in [3.8, 4) is 23.0 Å². The van der Waals surface area contributed by atoms with E-state index in [2.05, 4.69) is 9.47 Å². The van der Waals surface area contributed by atoms with Gasteiger partial charge in [-0.2, -0.15) is 0 Å². The van der Waals surface area contributed by atoms with Crippen LogP contribution in [0.2, 0.25) is 10.0 Å². The summed E-state index contributed by atoms with van der Waals surface area (Å²) in [6.45, 7) is 3.84. The van der Waals surface area contributed by atoms with Crippen LogP contribution in [0.3, 0.4) is 0 Å². The lowest BCUT2D eigenvalue weighted by Crippen LogP contribution is -2.17. The molecule has 0 unspecified atom stereocenters. The van der Waals surface area contributed by atoms with E-state index in [1.54, 1.807) is 42.7 Å². The summed E-state index contributed by atoms with van der Waals surface area (Å²) in [5.41, 5.74) is 4.68. The molecular formula is C39H32Cl2F6N2O8. The number of aliphatic carboxylic acids is 2. The molecule has 0 atom stereocenters. The Labute approximate surface area is 329 Å². The average Bonchev–Trinajstić information content (AvgIpc) is 3.47. The third kappa shape index (κ3) is 10.4. The Morgan fingerprint density at radius 3 is 1.49 bits per heavy atom. The molecule has 10 nitrogen and oxygen atoms in total. The monoisotopic (exact) mass is 840 g/mol. The van der Waals surface area contributed by atoms with Gasteiger partial charge in [-0.05, 0) is 84.6 Å². The van der Waals surface area contributed by atoms with Crippen LogP contribution in [0, 0.1) is 13.8 Å². The van der Waals surface area contributed by atoms with E-state index in [4.69, 9.17) is 27.9 Å². The summed E-state index contributed by atoms with van der Waals surface area (Å²) in [4.78, 5) is 22.6. The van der Waals surface area contributed by atoms with Crippen LogP contribution in [0.5, 0.6) is 23.0 Å². The number of aromatic nitrogens is 2. The predicted octanol–water partition coefficient (Wildman–Crippen LogP) is 10.1. The van der Waals surface area contributed by atoms with E-state index in [0.717, 1.165) is 0 Å². The van der Waals surface area contributed by atoms with Crippen molar-refractivity contribution in [3.63, 3.8) is 0 Å². The maximum Gasteiger partial charge on any atom is 0.573 e. The molecule has 6 rings (SSSR count). The van der Waals surface area contributed by atoms with E-state index in [9.17, 15) is 51.3 Å².